The average molecular weight is 253 g/mol. The van der Waals surface area contributed by atoms with Gasteiger partial charge in [0.15, 0.2) is 0 Å². The zero-order chi connectivity index (χ0) is 13.0. The maximum atomic E-state index is 13.1. The summed E-state index contributed by atoms with van der Waals surface area (Å²) in [6.07, 6.45) is 4.79. The largest absolute Gasteiger partial charge is 0.508 e. The molecule has 1 aromatic carbocycles. The Morgan fingerprint density at radius 1 is 1.17 bits per heavy atom. The molecule has 1 fully saturated rings. The van der Waals surface area contributed by atoms with E-state index in [9.17, 15) is 14.6 Å². The lowest BCUT2D eigenvalue weighted by Gasteiger charge is -2.21. The van der Waals surface area contributed by atoms with E-state index in [1.54, 1.807) is 6.07 Å². The van der Waals surface area contributed by atoms with E-state index in [0.29, 0.717) is 12.1 Å². The van der Waals surface area contributed by atoms with Gasteiger partial charge >= 0.3 is 0 Å². The maximum Gasteiger partial charge on any atom is 0.127 e. The molecule has 0 saturated heterocycles. The van der Waals surface area contributed by atoms with Crippen LogP contribution in [0.2, 0.25) is 0 Å². The molecule has 1 aliphatic carbocycles. The number of halogens is 1. The van der Waals surface area contributed by atoms with Crippen molar-refractivity contribution < 1.29 is 14.6 Å². The van der Waals surface area contributed by atoms with Gasteiger partial charge in [0.05, 0.1) is 6.10 Å². The summed E-state index contributed by atoms with van der Waals surface area (Å²) >= 11 is 0. The lowest BCUT2D eigenvalue weighted by atomic mass is 10.1. The first-order valence-corrected chi connectivity index (χ1v) is 6.55. The predicted molar refractivity (Wildman–Crippen MR) is 67.8 cm³/mol. The first kappa shape index (κ1) is 13.3. The van der Waals surface area contributed by atoms with E-state index in [1.807, 2.05) is 0 Å². The highest BCUT2D eigenvalue weighted by Crippen LogP contribution is 2.19. The van der Waals surface area contributed by atoms with Crippen molar-refractivity contribution in [1.82, 2.24) is 5.32 Å². The summed E-state index contributed by atoms with van der Waals surface area (Å²) in [7, 11) is 0. The number of benzene rings is 1. The van der Waals surface area contributed by atoms with Gasteiger partial charge in [-0.1, -0.05) is 19.3 Å². The van der Waals surface area contributed by atoms with Crippen molar-refractivity contribution >= 4 is 0 Å². The zero-order valence-corrected chi connectivity index (χ0v) is 10.4. The Bertz CT molecular complexity index is 377. The van der Waals surface area contributed by atoms with Gasteiger partial charge in [-0.25, -0.2) is 4.39 Å². The van der Waals surface area contributed by atoms with Crippen LogP contribution in [0.15, 0.2) is 18.2 Å². The number of phenols is 1. The maximum absolute atomic E-state index is 13.1. The molecular weight excluding hydrogens is 233 g/mol. The topological polar surface area (TPSA) is 52.5 Å². The minimum atomic E-state index is -0.437. The standard InChI is InChI=1S/C14H20FNO2/c15-11-6-10(7-12(17)8-11)9-16-13-4-2-1-3-5-14(13)18/h6-8,13-14,16-18H,1-5,9H2. The van der Waals surface area contributed by atoms with Crippen molar-refractivity contribution in [2.45, 2.75) is 50.8 Å². The second-order valence-corrected chi connectivity index (χ2v) is 5.01. The number of aromatic hydroxyl groups is 1. The fraction of sp³-hybridized carbons (Fsp3) is 0.571. The van der Waals surface area contributed by atoms with Crippen LogP contribution in [0.5, 0.6) is 5.75 Å². The van der Waals surface area contributed by atoms with Crippen LogP contribution in [-0.2, 0) is 6.54 Å². The SMILES string of the molecule is Oc1cc(F)cc(CNC2CCCCCC2O)c1. The second kappa shape index (κ2) is 6.16. The van der Waals surface area contributed by atoms with Crippen molar-refractivity contribution in [3.8, 4) is 5.75 Å². The van der Waals surface area contributed by atoms with E-state index in [0.717, 1.165) is 38.2 Å². The second-order valence-electron chi connectivity index (χ2n) is 5.01. The highest BCUT2D eigenvalue weighted by Gasteiger charge is 2.20. The Morgan fingerprint density at radius 2 is 1.94 bits per heavy atom. The molecular formula is C14H20FNO2. The van der Waals surface area contributed by atoms with Crippen molar-refractivity contribution in [3.05, 3.63) is 29.6 Å². The lowest BCUT2D eigenvalue weighted by Crippen LogP contribution is -2.38. The average Bonchev–Trinajstić information content (AvgIpc) is 2.50. The van der Waals surface area contributed by atoms with Gasteiger partial charge in [0, 0.05) is 18.7 Å². The van der Waals surface area contributed by atoms with Crippen LogP contribution in [0.4, 0.5) is 4.39 Å². The summed E-state index contributed by atoms with van der Waals surface area (Å²) in [5.74, 6) is -0.499. The molecule has 0 heterocycles. The lowest BCUT2D eigenvalue weighted by molar-refractivity contribution is 0.119. The molecule has 2 atom stereocenters. The Hall–Kier alpha value is -1.13. The van der Waals surface area contributed by atoms with Gasteiger partial charge in [0.1, 0.15) is 11.6 Å². The number of aliphatic hydroxyl groups is 1. The minimum absolute atomic E-state index is 0.0618. The van der Waals surface area contributed by atoms with Crippen LogP contribution < -0.4 is 5.32 Å². The quantitative estimate of drug-likeness (QED) is 0.725. The fourth-order valence-electron chi connectivity index (χ4n) is 2.51. The monoisotopic (exact) mass is 253 g/mol. The molecule has 18 heavy (non-hydrogen) atoms. The Kier molecular flexibility index (Phi) is 4.55. The Labute approximate surface area is 107 Å². The third kappa shape index (κ3) is 3.68. The summed E-state index contributed by atoms with van der Waals surface area (Å²) < 4.78 is 13.1. The molecule has 0 aromatic heterocycles. The molecule has 3 nitrogen and oxygen atoms in total. The zero-order valence-electron chi connectivity index (χ0n) is 10.4. The van der Waals surface area contributed by atoms with Gasteiger partial charge < -0.3 is 15.5 Å². The van der Waals surface area contributed by atoms with Gasteiger partial charge in [-0.15, -0.1) is 0 Å². The number of hydrogen-bond donors (Lipinski definition) is 3. The van der Waals surface area contributed by atoms with Crippen molar-refractivity contribution in [2.75, 3.05) is 0 Å². The molecule has 1 saturated carbocycles. The highest BCUT2D eigenvalue weighted by atomic mass is 19.1. The summed E-state index contributed by atoms with van der Waals surface area (Å²) in [5, 5.41) is 22.5. The summed E-state index contributed by atoms with van der Waals surface area (Å²) in [6.45, 7) is 0.465. The summed E-state index contributed by atoms with van der Waals surface area (Å²) in [6, 6.07) is 4.09. The molecule has 3 N–H and O–H groups in total. The fourth-order valence-corrected chi connectivity index (χ4v) is 2.51. The van der Waals surface area contributed by atoms with E-state index in [4.69, 9.17) is 0 Å². The number of hydrogen-bond acceptors (Lipinski definition) is 3. The predicted octanol–water partition coefficient (Wildman–Crippen LogP) is 2.31. The molecule has 1 aromatic rings. The van der Waals surface area contributed by atoms with Crippen LogP contribution in [0, 0.1) is 5.82 Å². The molecule has 0 aliphatic heterocycles. The van der Waals surface area contributed by atoms with E-state index in [-0.39, 0.29) is 17.9 Å². The Balaban J connectivity index is 1.93. The van der Waals surface area contributed by atoms with Gasteiger partial charge in [-0.05, 0) is 30.5 Å². The molecule has 2 rings (SSSR count). The van der Waals surface area contributed by atoms with Crippen molar-refractivity contribution in [3.63, 3.8) is 0 Å². The normalized spacial score (nSPS) is 24.8. The third-order valence-electron chi connectivity index (χ3n) is 3.49. The van der Waals surface area contributed by atoms with Crippen LogP contribution >= 0.6 is 0 Å². The molecule has 0 amide bonds. The molecule has 2 unspecified atom stereocenters. The summed E-state index contributed by atoms with van der Waals surface area (Å²) in [5.41, 5.74) is 0.698. The first-order valence-electron chi connectivity index (χ1n) is 6.55. The molecule has 0 bridgehead atoms. The third-order valence-corrected chi connectivity index (χ3v) is 3.49. The molecule has 0 radical (unpaired) electrons. The van der Waals surface area contributed by atoms with E-state index < -0.39 is 5.82 Å². The molecule has 1 aliphatic rings. The number of nitrogens with one attached hydrogen (secondary N) is 1. The van der Waals surface area contributed by atoms with Crippen molar-refractivity contribution in [1.29, 1.82) is 0 Å². The number of rotatable bonds is 3. The number of aliphatic hydroxyl groups excluding tert-OH is 1. The smallest absolute Gasteiger partial charge is 0.127 e. The minimum Gasteiger partial charge on any atom is -0.508 e. The molecule has 0 spiro atoms. The van der Waals surface area contributed by atoms with Gasteiger partial charge in [-0.3, -0.25) is 0 Å². The molecule has 100 valence electrons. The van der Waals surface area contributed by atoms with Crippen molar-refractivity contribution in [2.24, 2.45) is 0 Å². The van der Waals surface area contributed by atoms with Crippen LogP contribution in [0.1, 0.15) is 37.7 Å². The van der Waals surface area contributed by atoms with E-state index in [1.165, 1.54) is 6.07 Å². The molecule has 4 heteroatoms. The number of phenolic OH excluding ortho intramolecular Hbond substituents is 1. The van der Waals surface area contributed by atoms with Gasteiger partial charge in [-0.2, -0.15) is 0 Å². The van der Waals surface area contributed by atoms with Crippen LogP contribution in [-0.4, -0.2) is 22.4 Å². The van der Waals surface area contributed by atoms with Gasteiger partial charge in [0.2, 0.25) is 0 Å². The van der Waals surface area contributed by atoms with E-state index >= 15 is 0 Å². The highest BCUT2D eigenvalue weighted by molar-refractivity contribution is 5.28. The first-order chi connectivity index (χ1) is 8.65. The Morgan fingerprint density at radius 3 is 2.72 bits per heavy atom. The van der Waals surface area contributed by atoms with E-state index in [2.05, 4.69) is 5.32 Å². The van der Waals surface area contributed by atoms with Crippen LogP contribution in [0.25, 0.3) is 0 Å². The summed E-state index contributed by atoms with van der Waals surface area (Å²) in [4.78, 5) is 0. The van der Waals surface area contributed by atoms with Gasteiger partial charge in [0.25, 0.3) is 0 Å². The van der Waals surface area contributed by atoms with Crippen LogP contribution in [0.3, 0.4) is 0 Å².